The van der Waals surface area contributed by atoms with Gasteiger partial charge in [0, 0.05) is 25.0 Å². The first-order valence-corrected chi connectivity index (χ1v) is 8.70. The van der Waals surface area contributed by atoms with Crippen molar-refractivity contribution in [3.05, 3.63) is 35.4 Å². The second kappa shape index (κ2) is 6.82. The van der Waals surface area contributed by atoms with Gasteiger partial charge in [0.25, 0.3) is 0 Å². The van der Waals surface area contributed by atoms with E-state index in [1.807, 2.05) is 0 Å². The molecule has 0 aromatic heterocycles. The van der Waals surface area contributed by atoms with Crippen LogP contribution in [0.4, 0.5) is 0 Å². The maximum atomic E-state index is 12.7. The van der Waals surface area contributed by atoms with Crippen molar-refractivity contribution in [3.8, 4) is 0 Å². The molecule has 2 saturated heterocycles. The average molecular weight is 300 g/mol. The summed E-state index contributed by atoms with van der Waals surface area (Å²) in [5, 5.41) is 0. The lowest BCUT2D eigenvalue weighted by Gasteiger charge is -2.33. The summed E-state index contributed by atoms with van der Waals surface area (Å²) in [4.78, 5) is 17.3. The molecule has 120 valence electrons. The Labute approximate surface area is 134 Å². The third kappa shape index (κ3) is 3.35. The largest absolute Gasteiger partial charge is 0.338 e. The molecule has 0 N–H and O–H groups in total. The SMILES string of the molecule is Cc1ccc(CCC(=O)N2CCC[C@H]2[C@H]2CCCN2C)cc1. The van der Waals surface area contributed by atoms with Crippen LogP contribution < -0.4 is 0 Å². The van der Waals surface area contributed by atoms with E-state index >= 15 is 0 Å². The molecule has 0 radical (unpaired) electrons. The Hall–Kier alpha value is -1.35. The number of rotatable bonds is 4. The molecule has 3 rings (SSSR count). The standard InChI is InChI=1S/C19H28N2O/c1-15-7-9-16(10-8-15)11-12-19(22)21-14-4-6-18(21)17-5-3-13-20(17)2/h7-10,17-18H,3-6,11-14H2,1-2H3/t17-,18+/m1/s1. The molecule has 3 nitrogen and oxygen atoms in total. The molecular formula is C19H28N2O. The van der Waals surface area contributed by atoms with Crippen LogP contribution in [-0.4, -0.2) is 47.9 Å². The third-order valence-electron chi connectivity index (χ3n) is 5.39. The zero-order chi connectivity index (χ0) is 15.5. The van der Waals surface area contributed by atoms with Gasteiger partial charge in [-0.3, -0.25) is 4.79 Å². The van der Waals surface area contributed by atoms with Gasteiger partial charge >= 0.3 is 0 Å². The number of likely N-dealkylation sites (N-methyl/N-ethyl adjacent to an activating group) is 1. The van der Waals surface area contributed by atoms with Crippen LogP contribution in [0.5, 0.6) is 0 Å². The van der Waals surface area contributed by atoms with Crippen molar-refractivity contribution in [2.75, 3.05) is 20.1 Å². The number of hydrogen-bond donors (Lipinski definition) is 0. The molecule has 2 fully saturated rings. The van der Waals surface area contributed by atoms with Crippen LogP contribution >= 0.6 is 0 Å². The number of benzene rings is 1. The number of likely N-dealkylation sites (tertiary alicyclic amines) is 2. The molecule has 2 atom stereocenters. The third-order valence-corrected chi connectivity index (χ3v) is 5.39. The number of carbonyl (C=O) groups excluding carboxylic acids is 1. The Bertz CT molecular complexity index is 511. The minimum absolute atomic E-state index is 0.350. The van der Waals surface area contributed by atoms with E-state index in [0.29, 0.717) is 24.4 Å². The fourth-order valence-corrected chi connectivity index (χ4v) is 4.07. The lowest BCUT2D eigenvalue weighted by molar-refractivity contribution is -0.132. The number of nitrogens with zero attached hydrogens (tertiary/aromatic N) is 2. The van der Waals surface area contributed by atoms with Crippen LogP contribution in [0.25, 0.3) is 0 Å². The quantitative estimate of drug-likeness (QED) is 0.853. The summed E-state index contributed by atoms with van der Waals surface area (Å²) < 4.78 is 0. The van der Waals surface area contributed by atoms with Crippen molar-refractivity contribution in [1.29, 1.82) is 0 Å². The molecule has 1 amide bonds. The highest BCUT2D eigenvalue weighted by atomic mass is 16.2. The second-order valence-corrected chi connectivity index (χ2v) is 6.97. The minimum Gasteiger partial charge on any atom is -0.338 e. The lowest BCUT2D eigenvalue weighted by atomic mass is 10.0. The van der Waals surface area contributed by atoms with E-state index in [2.05, 4.69) is 48.0 Å². The molecule has 0 spiro atoms. The Morgan fingerprint density at radius 2 is 1.77 bits per heavy atom. The van der Waals surface area contributed by atoms with E-state index in [1.54, 1.807) is 0 Å². The Morgan fingerprint density at radius 3 is 2.45 bits per heavy atom. The van der Waals surface area contributed by atoms with Crippen molar-refractivity contribution < 1.29 is 4.79 Å². The Kier molecular flexibility index (Phi) is 4.82. The summed E-state index contributed by atoms with van der Waals surface area (Å²) in [6, 6.07) is 9.60. The molecule has 1 aromatic carbocycles. The summed E-state index contributed by atoms with van der Waals surface area (Å²) in [5.74, 6) is 0.350. The van der Waals surface area contributed by atoms with Crippen LogP contribution in [0, 0.1) is 6.92 Å². The van der Waals surface area contributed by atoms with Crippen molar-refractivity contribution >= 4 is 5.91 Å². The molecule has 2 aliphatic rings. The molecule has 22 heavy (non-hydrogen) atoms. The maximum Gasteiger partial charge on any atom is 0.223 e. The number of carbonyl (C=O) groups is 1. The molecule has 0 saturated carbocycles. The van der Waals surface area contributed by atoms with Gasteiger partial charge < -0.3 is 9.80 Å². The first-order chi connectivity index (χ1) is 10.6. The zero-order valence-corrected chi connectivity index (χ0v) is 13.9. The fraction of sp³-hybridized carbons (Fsp3) is 0.632. The van der Waals surface area contributed by atoms with Gasteiger partial charge in [-0.1, -0.05) is 29.8 Å². The highest BCUT2D eigenvalue weighted by molar-refractivity contribution is 5.77. The van der Waals surface area contributed by atoms with Crippen LogP contribution in [0.2, 0.25) is 0 Å². The van der Waals surface area contributed by atoms with Gasteiger partial charge in [-0.2, -0.15) is 0 Å². The zero-order valence-electron chi connectivity index (χ0n) is 13.9. The minimum atomic E-state index is 0.350. The van der Waals surface area contributed by atoms with E-state index in [4.69, 9.17) is 0 Å². The predicted octanol–water partition coefficient (Wildman–Crippen LogP) is 3.01. The topological polar surface area (TPSA) is 23.6 Å². The number of amides is 1. The van der Waals surface area contributed by atoms with Crippen LogP contribution in [0.1, 0.15) is 43.2 Å². The normalized spacial score (nSPS) is 25.8. The van der Waals surface area contributed by atoms with E-state index in [-0.39, 0.29) is 0 Å². The first kappa shape index (κ1) is 15.5. The van der Waals surface area contributed by atoms with Crippen molar-refractivity contribution in [3.63, 3.8) is 0 Å². The summed E-state index contributed by atoms with van der Waals surface area (Å²) in [7, 11) is 2.21. The summed E-state index contributed by atoms with van der Waals surface area (Å²) in [6.07, 6.45) is 6.40. The monoisotopic (exact) mass is 300 g/mol. The van der Waals surface area contributed by atoms with Crippen molar-refractivity contribution in [2.24, 2.45) is 0 Å². The summed E-state index contributed by atoms with van der Waals surface area (Å²) >= 11 is 0. The summed E-state index contributed by atoms with van der Waals surface area (Å²) in [5.41, 5.74) is 2.55. The van der Waals surface area contributed by atoms with Gasteiger partial charge in [0.2, 0.25) is 5.91 Å². The molecule has 0 bridgehead atoms. The second-order valence-electron chi connectivity index (χ2n) is 6.97. The highest BCUT2D eigenvalue weighted by Gasteiger charge is 2.37. The molecule has 2 aliphatic heterocycles. The number of hydrogen-bond acceptors (Lipinski definition) is 2. The van der Waals surface area contributed by atoms with Gasteiger partial charge in [0.1, 0.15) is 0 Å². The van der Waals surface area contributed by atoms with Gasteiger partial charge in [-0.15, -0.1) is 0 Å². The predicted molar refractivity (Wildman–Crippen MR) is 89.9 cm³/mol. The Balaban J connectivity index is 1.57. The smallest absolute Gasteiger partial charge is 0.223 e. The number of aryl methyl sites for hydroxylation is 2. The lowest BCUT2D eigenvalue weighted by Crippen LogP contribution is -2.47. The van der Waals surface area contributed by atoms with E-state index in [0.717, 1.165) is 13.0 Å². The van der Waals surface area contributed by atoms with Crippen molar-refractivity contribution in [1.82, 2.24) is 9.80 Å². The Morgan fingerprint density at radius 1 is 1.09 bits per heavy atom. The molecule has 0 aliphatic carbocycles. The van der Waals surface area contributed by atoms with Gasteiger partial charge in [0.15, 0.2) is 0 Å². The molecule has 3 heteroatoms. The van der Waals surface area contributed by atoms with Gasteiger partial charge in [-0.05, 0) is 58.2 Å². The van der Waals surface area contributed by atoms with E-state index in [1.165, 1.54) is 43.4 Å². The maximum absolute atomic E-state index is 12.7. The fourth-order valence-electron chi connectivity index (χ4n) is 4.07. The van der Waals surface area contributed by atoms with E-state index in [9.17, 15) is 4.79 Å². The summed E-state index contributed by atoms with van der Waals surface area (Å²) in [6.45, 7) is 4.25. The molecule has 1 aromatic rings. The molecule has 2 heterocycles. The van der Waals surface area contributed by atoms with E-state index < -0.39 is 0 Å². The van der Waals surface area contributed by atoms with Crippen LogP contribution in [-0.2, 0) is 11.2 Å². The molecule has 0 unspecified atom stereocenters. The first-order valence-electron chi connectivity index (χ1n) is 8.70. The average Bonchev–Trinajstić information content (AvgIpc) is 3.14. The molecular weight excluding hydrogens is 272 g/mol. The van der Waals surface area contributed by atoms with Crippen LogP contribution in [0.3, 0.4) is 0 Å². The van der Waals surface area contributed by atoms with Crippen LogP contribution in [0.15, 0.2) is 24.3 Å². The van der Waals surface area contributed by atoms with Gasteiger partial charge in [0.05, 0.1) is 0 Å². The highest BCUT2D eigenvalue weighted by Crippen LogP contribution is 2.29. The van der Waals surface area contributed by atoms with Crippen molar-refractivity contribution in [2.45, 2.75) is 57.5 Å². The van der Waals surface area contributed by atoms with Gasteiger partial charge in [-0.25, -0.2) is 0 Å².